The second-order valence-electron chi connectivity index (χ2n) is 8.66. The number of nitrogens with zero attached hydrogens (tertiary/aromatic N) is 1. The van der Waals surface area contributed by atoms with E-state index >= 15 is 0 Å². The number of aliphatic hydroxyl groups is 1. The molecular formula is C26H26FN3O4. The first-order chi connectivity index (χ1) is 16.1. The van der Waals surface area contributed by atoms with Gasteiger partial charge in [0.2, 0.25) is 0 Å². The number of amides is 2. The fourth-order valence-corrected chi connectivity index (χ4v) is 4.61. The highest BCUT2D eigenvalue weighted by Gasteiger charge is 2.35. The van der Waals surface area contributed by atoms with Crippen LogP contribution in [0.15, 0.2) is 42.5 Å². The molecule has 0 spiro atoms. The molecule has 2 aromatic carbocycles. The molecule has 3 aromatic rings. The van der Waals surface area contributed by atoms with Crippen LogP contribution in [0, 0.1) is 26.6 Å². The van der Waals surface area contributed by atoms with Gasteiger partial charge in [0, 0.05) is 24.8 Å². The molecule has 2 amide bonds. The van der Waals surface area contributed by atoms with E-state index in [1.165, 1.54) is 22.8 Å². The van der Waals surface area contributed by atoms with Crippen molar-refractivity contribution < 1.29 is 23.9 Å². The fourth-order valence-electron chi connectivity index (χ4n) is 4.61. The zero-order chi connectivity index (χ0) is 24.7. The first-order valence-corrected chi connectivity index (χ1v) is 10.9. The van der Waals surface area contributed by atoms with Crippen LogP contribution < -0.4 is 10.6 Å². The van der Waals surface area contributed by atoms with Crippen molar-refractivity contribution in [3.63, 3.8) is 0 Å². The van der Waals surface area contributed by atoms with Crippen LogP contribution in [-0.4, -0.2) is 33.4 Å². The Morgan fingerprint density at radius 1 is 1.09 bits per heavy atom. The molecule has 0 aliphatic heterocycles. The molecule has 4 rings (SSSR count). The van der Waals surface area contributed by atoms with Gasteiger partial charge in [-0.3, -0.25) is 14.4 Å². The molecule has 1 aromatic heterocycles. The summed E-state index contributed by atoms with van der Waals surface area (Å²) in [6.45, 7) is 4.89. The standard InChI is InChI=1S/C26H26FN3O4/c1-13-11-17(9-10-19(13)27)28-25(33)21-14(2)23(30(4)15(21)3)24(32)26(34)29-22-18-8-6-5-7-16(18)12-20(22)31/h5-11,20,22,31H,12H2,1-4H3,(H,28,33)(H,29,34)/t20-,22+/m1/s1. The Kier molecular flexibility index (Phi) is 6.10. The van der Waals surface area contributed by atoms with Crippen LogP contribution in [0.1, 0.15) is 54.8 Å². The number of Topliss-reactive ketones (excluding diaryl/α,β-unsaturated/α-hetero) is 1. The van der Waals surface area contributed by atoms with Crippen molar-refractivity contribution in [2.45, 2.75) is 39.3 Å². The van der Waals surface area contributed by atoms with E-state index < -0.39 is 29.7 Å². The van der Waals surface area contributed by atoms with Gasteiger partial charge in [0.05, 0.1) is 23.4 Å². The van der Waals surface area contributed by atoms with E-state index in [0.29, 0.717) is 28.9 Å². The number of benzene rings is 2. The lowest BCUT2D eigenvalue weighted by Gasteiger charge is -2.17. The number of fused-ring (bicyclic) bond motifs is 1. The monoisotopic (exact) mass is 463 g/mol. The number of hydrogen-bond acceptors (Lipinski definition) is 4. The maximum Gasteiger partial charge on any atom is 0.294 e. The van der Waals surface area contributed by atoms with Crippen LogP contribution in [0.3, 0.4) is 0 Å². The lowest BCUT2D eigenvalue weighted by Crippen LogP contribution is -2.39. The summed E-state index contributed by atoms with van der Waals surface area (Å²) >= 11 is 0. The van der Waals surface area contributed by atoms with Crippen LogP contribution in [-0.2, 0) is 18.3 Å². The van der Waals surface area contributed by atoms with Crippen molar-refractivity contribution in [2.75, 3.05) is 5.32 Å². The highest BCUT2D eigenvalue weighted by molar-refractivity contribution is 6.43. The highest BCUT2D eigenvalue weighted by Crippen LogP contribution is 2.31. The second kappa shape index (κ2) is 8.87. The van der Waals surface area contributed by atoms with E-state index in [-0.39, 0.29) is 17.1 Å². The van der Waals surface area contributed by atoms with Crippen LogP contribution in [0.5, 0.6) is 0 Å². The third kappa shape index (κ3) is 4.01. The van der Waals surface area contributed by atoms with E-state index in [2.05, 4.69) is 10.6 Å². The van der Waals surface area contributed by atoms with Gasteiger partial charge in [-0.2, -0.15) is 0 Å². The van der Waals surface area contributed by atoms with Gasteiger partial charge in [0.1, 0.15) is 5.82 Å². The molecule has 0 radical (unpaired) electrons. The van der Waals surface area contributed by atoms with E-state index in [1.807, 2.05) is 24.3 Å². The van der Waals surface area contributed by atoms with Gasteiger partial charge in [0.25, 0.3) is 17.6 Å². The molecule has 7 nitrogen and oxygen atoms in total. The molecule has 0 saturated carbocycles. The minimum absolute atomic E-state index is 0.0937. The summed E-state index contributed by atoms with van der Waals surface area (Å²) in [5.74, 6) is -2.49. The molecule has 34 heavy (non-hydrogen) atoms. The predicted octanol–water partition coefficient (Wildman–Crippen LogP) is 3.30. The normalized spacial score (nSPS) is 16.8. The lowest BCUT2D eigenvalue weighted by atomic mass is 10.1. The molecular weight excluding hydrogens is 437 g/mol. The van der Waals surface area contributed by atoms with E-state index in [9.17, 15) is 23.9 Å². The Bertz CT molecular complexity index is 1330. The Morgan fingerprint density at radius 3 is 2.50 bits per heavy atom. The third-order valence-electron chi connectivity index (χ3n) is 6.49. The first-order valence-electron chi connectivity index (χ1n) is 10.9. The average molecular weight is 464 g/mol. The summed E-state index contributed by atoms with van der Waals surface area (Å²) in [6.07, 6.45) is -0.434. The van der Waals surface area contributed by atoms with Crippen molar-refractivity contribution >= 4 is 23.3 Å². The molecule has 8 heteroatoms. The summed E-state index contributed by atoms with van der Waals surface area (Å²) in [7, 11) is 1.61. The third-order valence-corrected chi connectivity index (χ3v) is 6.49. The molecule has 0 bridgehead atoms. The highest BCUT2D eigenvalue weighted by atomic mass is 19.1. The number of carbonyl (C=O) groups is 3. The summed E-state index contributed by atoms with van der Waals surface area (Å²) in [5.41, 5.74) is 3.76. The number of anilines is 1. The zero-order valence-electron chi connectivity index (χ0n) is 19.4. The second-order valence-corrected chi connectivity index (χ2v) is 8.66. The van der Waals surface area contributed by atoms with Gasteiger partial charge in [-0.15, -0.1) is 0 Å². The number of halogens is 1. The minimum atomic E-state index is -0.856. The largest absolute Gasteiger partial charge is 0.390 e. The smallest absolute Gasteiger partial charge is 0.294 e. The van der Waals surface area contributed by atoms with E-state index in [1.54, 1.807) is 27.8 Å². The molecule has 1 aliphatic rings. The van der Waals surface area contributed by atoms with Crippen LogP contribution in [0.2, 0.25) is 0 Å². The van der Waals surface area contributed by atoms with Crippen molar-refractivity contribution in [1.29, 1.82) is 0 Å². The van der Waals surface area contributed by atoms with Gasteiger partial charge < -0.3 is 20.3 Å². The number of ketones is 1. The molecule has 3 N–H and O–H groups in total. The lowest BCUT2D eigenvalue weighted by molar-refractivity contribution is -0.118. The Hall–Kier alpha value is -3.78. The number of aliphatic hydroxyl groups excluding tert-OH is 1. The van der Waals surface area contributed by atoms with Crippen LogP contribution in [0.4, 0.5) is 10.1 Å². The number of aromatic nitrogens is 1. The number of nitrogens with one attached hydrogen (secondary N) is 2. The van der Waals surface area contributed by atoms with Crippen LogP contribution >= 0.6 is 0 Å². The van der Waals surface area contributed by atoms with Gasteiger partial charge in [-0.1, -0.05) is 24.3 Å². The van der Waals surface area contributed by atoms with Crippen molar-refractivity contribution in [3.05, 3.63) is 87.5 Å². The minimum Gasteiger partial charge on any atom is -0.390 e. The van der Waals surface area contributed by atoms with E-state index in [0.717, 1.165) is 11.1 Å². The maximum absolute atomic E-state index is 13.6. The van der Waals surface area contributed by atoms with Crippen LogP contribution in [0.25, 0.3) is 0 Å². The first kappa shape index (κ1) is 23.4. The Labute approximate surface area is 196 Å². The Morgan fingerprint density at radius 2 is 1.79 bits per heavy atom. The van der Waals surface area contributed by atoms with Gasteiger partial charge in [-0.25, -0.2) is 4.39 Å². The number of rotatable bonds is 5. The molecule has 0 unspecified atom stereocenters. The van der Waals surface area contributed by atoms with Gasteiger partial charge >= 0.3 is 0 Å². The van der Waals surface area contributed by atoms with Gasteiger partial charge in [0.15, 0.2) is 0 Å². The zero-order valence-corrected chi connectivity index (χ0v) is 19.4. The molecule has 176 valence electrons. The van der Waals surface area contributed by atoms with Crippen molar-refractivity contribution in [2.24, 2.45) is 7.05 Å². The molecule has 2 atom stereocenters. The SMILES string of the molecule is Cc1cc(NC(=O)c2c(C)c(C(=O)C(=O)N[C@H]3c4ccccc4C[C@H]3O)n(C)c2C)ccc1F. The average Bonchev–Trinajstić information content (AvgIpc) is 3.22. The number of aryl methyl sites for hydroxylation is 1. The number of carbonyl (C=O) groups excluding carboxylic acids is 3. The summed E-state index contributed by atoms with van der Waals surface area (Å²) in [5, 5.41) is 15.8. The van der Waals surface area contributed by atoms with E-state index in [4.69, 9.17) is 0 Å². The maximum atomic E-state index is 13.6. The summed E-state index contributed by atoms with van der Waals surface area (Å²) in [4.78, 5) is 39.0. The van der Waals surface area contributed by atoms with Crippen molar-refractivity contribution in [3.8, 4) is 0 Å². The Balaban J connectivity index is 1.58. The molecule has 1 heterocycles. The number of hydrogen-bond donors (Lipinski definition) is 3. The van der Waals surface area contributed by atoms with Gasteiger partial charge in [-0.05, 0) is 61.2 Å². The summed E-state index contributed by atoms with van der Waals surface area (Å²) < 4.78 is 15.1. The summed E-state index contributed by atoms with van der Waals surface area (Å²) in [6, 6.07) is 10.9. The molecule has 0 saturated heterocycles. The quantitative estimate of drug-likeness (QED) is 0.399. The topological polar surface area (TPSA) is 100 Å². The fraction of sp³-hybridized carbons (Fsp3) is 0.269. The molecule has 1 aliphatic carbocycles. The van der Waals surface area contributed by atoms with Crippen molar-refractivity contribution in [1.82, 2.24) is 9.88 Å². The molecule has 0 fully saturated rings. The predicted molar refractivity (Wildman–Crippen MR) is 125 cm³/mol.